The van der Waals surface area contributed by atoms with Crippen molar-refractivity contribution in [2.75, 3.05) is 0 Å². The molecule has 4 nitrogen and oxygen atoms in total. The van der Waals surface area contributed by atoms with Crippen molar-refractivity contribution in [3.63, 3.8) is 0 Å². The number of allylic oxidation sites excluding steroid dienone is 1. The molecule has 0 fully saturated rings. The zero-order valence-electron chi connectivity index (χ0n) is 9.69. The number of aromatic nitrogens is 3. The first-order chi connectivity index (χ1) is 7.04. The van der Waals surface area contributed by atoms with E-state index in [1.807, 2.05) is 11.6 Å². The maximum atomic E-state index is 9.14. The summed E-state index contributed by atoms with van der Waals surface area (Å²) in [6.45, 7) is 10.7. The van der Waals surface area contributed by atoms with Crippen molar-refractivity contribution >= 4 is 0 Å². The Kier molecular flexibility index (Phi) is 4.03. The van der Waals surface area contributed by atoms with Crippen molar-refractivity contribution < 1.29 is 5.11 Å². The van der Waals surface area contributed by atoms with E-state index in [1.54, 1.807) is 0 Å². The van der Waals surface area contributed by atoms with Crippen molar-refractivity contribution in [2.45, 2.75) is 40.3 Å². The molecule has 1 rings (SSSR count). The Labute approximate surface area is 90.6 Å². The third kappa shape index (κ3) is 3.16. The Morgan fingerprint density at radius 3 is 2.67 bits per heavy atom. The number of hydrogen-bond acceptors (Lipinski definition) is 3. The van der Waals surface area contributed by atoms with Gasteiger partial charge in [0.05, 0.1) is 18.8 Å². The van der Waals surface area contributed by atoms with Crippen molar-refractivity contribution in [1.82, 2.24) is 15.0 Å². The lowest BCUT2D eigenvalue weighted by molar-refractivity contribution is 0.275. The van der Waals surface area contributed by atoms with Gasteiger partial charge in [0.1, 0.15) is 5.69 Å². The summed E-state index contributed by atoms with van der Waals surface area (Å²) < 4.78 is 1.83. The van der Waals surface area contributed by atoms with Crippen molar-refractivity contribution in [3.05, 3.63) is 23.5 Å². The molecule has 0 unspecified atom stereocenters. The molecule has 15 heavy (non-hydrogen) atoms. The summed E-state index contributed by atoms with van der Waals surface area (Å²) in [6.07, 6.45) is 0.885. The Morgan fingerprint density at radius 2 is 2.20 bits per heavy atom. The van der Waals surface area contributed by atoms with Crippen LogP contribution >= 0.6 is 0 Å². The second-order valence-corrected chi connectivity index (χ2v) is 4.35. The Morgan fingerprint density at radius 1 is 1.53 bits per heavy atom. The summed E-state index contributed by atoms with van der Waals surface area (Å²) in [6, 6.07) is 0. The number of nitrogens with zero attached hydrogens (tertiary/aromatic N) is 3. The molecule has 0 bridgehead atoms. The van der Waals surface area contributed by atoms with Crippen LogP contribution in [-0.4, -0.2) is 20.1 Å². The first-order valence-corrected chi connectivity index (χ1v) is 5.21. The van der Waals surface area contributed by atoms with Crippen LogP contribution < -0.4 is 0 Å². The average Bonchev–Trinajstić information content (AvgIpc) is 2.47. The molecule has 1 heterocycles. The lowest BCUT2D eigenvalue weighted by atomic mass is 10.1. The molecular weight excluding hydrogens is 190 g/mol. The zero-order valence-corrected chi connectivity index (χ0v) is 9.69. The molecule has 0 radical (unpaired) electrons. The number of aliphatic hydroxyl groups is 1. The molecule has 0 aromatic carbocycles. The van der Waals surface area contributed by atoms with E-state index in [4.69, 9.17) is 5.11 Å². The topological polar surface area (TPSA) is 50.9 Å². The van der Waals surface area contributed by atoms with E-state index in [2.05, 4.69) is 30.7 Å². The minimum Gasteiger partial charge on any atom is -0.390 e. The first-order valence-electron chi connectivity index (χ1n) is 5.21. The molecule has 0 spiro atoms. The lowest BCUT2D eigenvalue weighted by Crippen LogP contribution is -2.09. The fourth-order valence-corrected chi connectivity index (χ4v) is 1.48. The van der Waals surface area contributed by atoms with Crippen LogP contribution in [0.2, 0.25) is 0 Å². The zero-order chi connectivity index (χ0) is 11.4. The predicted molar refractivity (Wildman–Crippen MR) is 59.3 cm³/mol. The largest absolute Gasteiger partial charge is 0.390 e. The minimum absolute atomic E-state index is 0.0434. The smallest absolute Gasteiger partial charge is 0.111 e. The van der Waals surface area contributed by atoms with E-state index >= 15 is 0 Å². The lowest BCUT2D eigenvalue weighted by Gasteiger charge is -2.09. The van der Waals surface area contributed by atoms with Gasteiger partial charge in [0, 0.05) is 0 Å². The van der Waals surface area contributed by atoms with Crippen molar-refractivity contribution in [1.29, 1.82) is 0 Å². The number of rotatable bonds is 5. The van der Waals surface area contributed by atoms with E-state index < -0.39 is 0 Å². The van der Waals surface area contributed by atoms with E-state index in [-0.39, 0.29) is 6.61 Å². The van der Waals surface area contributed by atoms with E-state index in [0.717, 1.165) is 17.7 Å². The van der Waals surface area contributed by atoms with E-state index in [1.165, 1.54) is 0 Å². The van der Waals surface area contributed by atoms with Gasteiger partial charge in [-0.05, 0) is 19.3 Å². The van der Waals surface area contributed by atoms with Gasteiger partial charge in [-0.3, -0.25) is 0 Å². The molecule has 1 aromatic heterocycles. The number of hydrogen-bond donors (Lipinski definition) is 1. The van der Waals surface area contributed by atoms with Crippen LogP contribution in [-0.2, 0) is 19.6 Å². The van der Waals surface area contributed by atoms with Gasteiger partial charge in [-0.15, -0.1) is 5.10 Å². The van der Waals surface area contributed by atoms with Gasteiger partial charge < -0.3 is 5.11 Å². The Bertz CT molecular complexity index is 342. The second-order valence-electron chi connectivity index (χ2n) is 4.35. The van der Waals surface area contributed by atoms with Crippen LogP contribution in [0.15, 0.2) is 12.2 Å². The minimum atomic E-state index is -0.0434. The van der Waals surface area contributed by atoms with Crippen molar-refractivity contribution in [2.24, 2.45) is 5.92 Å². The van der Waals surface area contributed by atoms with Crippen LogP contribution in [0, 0.1) is 5.92 Å². The molecule has 1 N–H and O–H groups in total. The van der Waals surface area contributed by atoms with Crippen LogP contribution in [0.25, 0.3) is 0 Å². The Balaban J connectivity index is 2.94. The molecule has 0 saturated heterocycles. The highest BCUT2D eigenvalue weighted by Crippen LogP contribution is 2.12. The average molecular weight is 209 g/mol. The molecule has 1 aromatic rings. The monoisotopic (exact) mass is 209 g/mol. The summed E-state index contributed by atoms with van der Waals surface area (Å²) in [7, 11) is 0. The highest BCUT2D eigenvalue weighted by Gasteiger charge is 2.13. The third-order valence-corrected chi connectivity index (χ3v) is 2.09. The molecule has 0 amide bonds. The van der Waals surface area contributed by atoms with Gasteiger partial charge in [0.15, 0.2) is 0 Å². The van der Waals surface area contributed by atoms with Crippen LogP contribution in [0.4, 0.5) is 0 Å². The molecule has 0 atom stereocenters. The van der Waals surface area contributed by atoms with Gasteiger partial charge in [0.25, 0.3) is 0 Å². The van der Waals surface area contributed by atoms with Gasteiger partial charge in [-0.25, -0.2) is 4.68 Å². The SMILES string of the molecule is C=C(C)Cn1nnc(CO)c1CC(C)C. The fourth-order valence-electron chi connectivity index (χ4n) is 1.48. The van der Waals surface area contributed by atoms with Gasteiger partial charge in [-0.2, -0.15) is 0 Å². The van der Waals surface area contributed by atoms with E-state index in [9.17, 15) is 0 Å². The third-order valence-electron chi connectivity index (χ3n) is 2.09. The molecule has 0 aliphatic heterocycles. The standard InChI is InChI=1S/C11H19N3O/c1-8(2)5-11-10(7-15)12-13-14(11)6-9(3)4/h8,15H,3,5-7H2,1-2,4H3. The van der Waals surface area contributed by atoms with Crippen LogP contribution in [0.5, 0.6) is 0 Å². The predicted octanol–water partition coefficient (Wildman–Crippen LogP) is 1.54. The van der Waals surface area contributed by atoms with Crippen molar-refractivity contribution in [3.8, 4) is 0 Å². The van der Waals surface area contributed by atoms with Crippen LogP contribution in [0.1, 0.15) is 32.2 Å². The molecule has 0 aliphatic rings. The highest BCUT2D eigenvalue weighted by molar-refractivity contribution is 5.11. The summed E-state index contributed by atoms with van der Waals surface area (Å²) in [4.78, 5) is 0. The number of aliphatic hydroxyl groups excluding tert-OH is 1. The molecule has 4 heteroatoms. The molecular formula is C11H19N3O. The summed E-state index contributed by atoms with van der Waals surface area (Å²) >= 11 is 0. The first kappa shape index (κ1) is 11.9. The Hall–Kier alpha value is -1.16. The van der Waals surface area contributed by atoms with Gasteiger partial charge in [0.2, 0.25) is 0 Å². The van der Waals surface area contributed by atoms with Crippen LogP contribution in [0.3, 0.4) is 0 Å². The van der Waals surface area contributed by atoms with Gasteiger partial charge >= 0.3 is 0 Å². The molecule has 84 valence electrons. The molecule has 0 aliphatic carbocycles. The van der Waals surface area contributed by atoms with E-state index in [0.29, 0.717) is 18.2 Å². The quantitative estimate of drug-likeness (QED) is 0.748. The molecule has 0 saturated carbocycles. The summed E-state index contributed by atoms with van der Waals surface area (Å²) in [5, 5.41) is 17.1. The highest BCUT2D eigenvalue weighted by atomic mass is 16.3. The normalized spacial score (nSPS) is 11.0. The second kappa shape index (κ2) is 5.07. The summed E-state index contributed by atoms with van der Waals surface area (Å²) in [5.74, 6) is 0.526. The maximum absolute atomic E-state index is 9.14. The fraction of sp³-hybridized carbons (Fsp3) is 0.636. The summed E-state index contributed by atoms with van der Waals surface area (Å²) in [5.41, 5.74) is 2.75. The van der Waals surface area contributed by atoms with Gasteiger partial charge in [-0.1, -0.05) is 31.2 Å². The maximum Gasteiger partial charge on any atom is 0.111 e.